The first-order chi connectivity index (χ1) is 11.6. The Morgan fingerprint density at radius 1 is 1.48 bits per heavy atom. The van der Waals surface area contributed by atoms with Crippen molar-refractivity contribution in [2.24, 2.45) is 0 Å². The van der Waals surface area contributed by atoms with E-state index in [1.54, 1.807) is 11.8 Å². The van der Waals surface area contributed by atoms with Crippen molar-refractivity contribution in [1.29, 1.82) is 0 Å². The van der Waals surface area contributed by atoms with Gasteiger partial charge in [-0.3, -0.25) is 4.79 Å². The monoisotopic (exact) mass is 382 g/mol. The summed E-state index contributed by atoms with van der Waals surface area (Å²) in [5, 5.41) is 7.19. The van der Waals surface area contributed by atoms with Crippen molar-refractivity contribution in [2.45, 2.75) is 36.6 Å². The molecule has 136 valence electrons. The van der Waals surface area contributed by atoms with Crippen molar-refractivity contribution in [3.63, 3.8) is 0 Å². The summed E-state index contributed by atoms with van der Waals surface area (Å²) in [6.07, 6.45) is 3.15. The van der Waals surface area contributed by atoms with Gasteiger partial charge in [0.1, 0.15) is 0 Å². The summed E-state index contributed by atoms with van der Waals surface area (Å²) in [6, 6.07) is 8.31. The molecule has 25 heavy (non-hydrogen) atoms. The van der Waals surface area contributed by atoms with Gasteiger partial charge in [0.2, 0.25) is 11.8 Å². The number of likely N-dealkylation sites (N-methyl/N-ethyl adjacent to an activating group) is 1. The molecule has 2 aromatic rings. The van der Waals surface area contributed by atoms with Gasteiger partial charge in [0, 0.05) is 36.0 Å². The van der Waals surface area contributed by atoms with Gasteiger partial charge in [-0.1, -0.05) is 11.2 Å². The van der Waals surface area contributed by atoms with E-state index in [4.69, 9.17) is 4.52 Å². The number of carbonyl (C=O) groups is 1. The van der Waals surface area contributed by atoms with E-state index in [-0.39, 0.29) is 30.3 Å². The maximum absolute atomic E-state index is 12.4. The molecule has 1 N–H and O–H groups in total. The molecule has 1 amide bonds. The predicted octanol–water partition coefficient (Wildman–Crippen LogP) is 2.88. The fraction of sp³-hybridized carbons (Fsp3) is 0.471. The molecule has 1 aromatic carbocycles. The van der Waals surface area contributed by atoms with Crippen molar-refractivity contribution in [2.75, 3.05) is 24.7 Å². The van der Waals surface area contributed by atoms with Gasteiger partial charge in [-0.25, -0.2) is 0 Å². The number of aromatic nitrogens is 2. The molecular formula is C17H23ClN4O2S. The zero-order chi connectivity index (χ0) is 17.1. The third-order valence-electron chi connectivity index (χ3n) is 4.30. The van der Waals surface area contributed by atoms with E-state index in [1.165, 1.54) is 0 Å². The maximum Gasteiger partial charge on any atom is 0.232 e. The summed E-state index contributed by atoms with van der Waals surface area (Å²) in [5.74, 6) is 1.30. The lowest BCUT2D eigenvalue weighted by Crippen LogP contribution is -2.24. The molecule has 1 saturated heterocycles. The summed E-state index contributed by atoms with van der Waals surface area (Å²) in [7, 11) is 1.90. The van der Waals surface area contributed by atoms with Gasteiger partial charge in [0.25, 0.3) is 0 Å². The first kappa shape index (κ1) is 19.8. The Labute approximate surface area is 158 Å². The SMILES string of the molecule is CNC(C)Cc1noc(C2CC(=O)N(c3cccc(SC)c3)C2)n1.Cl. The molecule has 8 heteroatoms. The Bertz CT molecular complexity index is 724. The molecule has 1 fully saturated rings. The average molecular weight is 383 g/mol. The minimum absolute atomic E-state index is 0. The van der Waals surface area contributed by atoms with Crippen LogP contribution in [0.1, 0.15) is 31.0 Å². The van der Waals surface area contributed by atoms with E-state index in [1.807, 2.05) is 42.5 Å². The van der Waals surface area contributed by atoms with Crippen LogP contribution in [0.5, 0.6) is 0 Å². The first-order valence-electron chi connectivity index (χ1n) is 8.05. The molecule has 2 unspecified atom stereocenters. The van der Waals surface area contributed by atoms with E-state index in [0.717, 1.165) is 10.6 Å². The third-order valence-corrected chi connectivity index (χ3v) is 5.03. The van der Waals surface area contributed by atoms with Gasteiger partial charge < -0.3 is 14.7 Å². The van der Waals surface area contributed by atoms with Gasteiger partial charge in [-0.05, 0) is 38.4 Å². The Morgan fingerprint density at radius 2 is 2.28 bits per heavy atom. The first-order valence-corrected chi connectivity index (χ1v) is 9.27. The molecule has 0 aliphatic carbocycles. The highest BCUT2D eigenvalue weighted by Crippen LogP contribution is 2.32. The third kappa shape index (κ3) is 4.54. The van der Waals surface area contributed by atoms with Crippen LogP contribution in [0, 0.1) is 0 Å². The predicted molar refractivity (Wildman–Crippen MR) is 102 cm³/mol. The summed E-state index contributed by atoms with van der Waals surface area (Å²) in [5.41, 5.74) is 0.929. The second-order valence-corrected chi connectivity index (χ2v) is 6.93. The number of rotatable bonds is 6. The van der Waals surface area contributed by atoms with E-state index < -0.39 is 0 Å². The number of nitrogens with one attached hydrogen (secondary N) is 1. The van der Waals surface area contributed by atoms with Gasteiger partial charge in [0.05, 0.1) is 5.92 Å². The molecule has 0 radical (unpaired) electrons. The Morgan fingerprint density at radius 3 is 3.00 bits per heavy atom. The van der Waals surface area contributed by atoms with Crippen LogP contribution in [0.4, 0.5) is 5.69 Å². The standard InChI is InChI=1S/C17H22N4O2S.ClH/c1-11(18-2)7-15-19-17(23-20-15)12-8-16(22)21(10-12)13-5-4-6-14(9-13)24-3;/h4-6,9,11-12,18H,7-8,10H2,1-3H3;1H. The molecule has 0 spiro atoms. The van der Waals surface area contributed by atoms with Crippen LogP contribution in [0.2, 0.25) is 0 Å². The van der Waals surface area contributed by atoms with Crippen molar-refractivity contribution >= 4 is 35.8 Å². The number of nitrogens with zero attached hydrogens (tertiary/aromatic N) is 3. The number of amides is 1. The summed E-state index contributed by atoms with van der Waals surface area (Å²) in [4.78, 5) is 19.8. The highest BCUT2D eigenvalue weighted by Gasteiger charge is 2.35. The zero-order valence-corrected chi connectivity index (χ0v) is 16.2. The quantitative estimate of drug-likeness (QED) is 0.774. The van der Waals surface area contributed by atoms with Gasteiger partial charge >= 0.3 is 0 Å². The lowest BCUT2D eigenvalue weighted by Gasteiger charge is -2.16. The van der Waals surface area contributed by atoms with Crippen LogP contribution in [0.3, 0.4) is 0 Å². The number of hydrogen-bond donors (Lipinski definition) is 1. The second kappa shape index (κ2) is 8.69. The van der Waals surface area contributed by atoms with Crippen molar-refractivity contribution in [3.05, 3.63) is 36.0 Å². The van der Waals surface area contributed by atoms with Crippen molar-refractivity contribution in [1.82, 2.24) is 15.5 Å². The van der Waals surface area contributed by atoms with E-state index in [0.29, 0.717) is 31.1 Å². The summed E-state index contributed by atoms with van der Waals surface area (Å²) in [6.45, 7) is 2.65. The Kier molecular flexibility index (Phi) is 6.87. The molecule has 0 bridgehead atoms. The van der Waals surface area contributed by atoms with Gasteiger partial charge in [-0.2, -0.15) is 4.98 Å². The van der Waals surface area contributed by atoms with E-state index in [9.17, 15) is 4.79 Å². The largest absolute Gasteiger partial charge is 0.339 e. The number of carbonyl (C=O) groups excluding carboxylic acids is 1. The number of thioether (sulfide) groups is 1. The zero-order valence-electron chi connectivity index (χ0n) is 14.6. The topological polar surface area (TPSA) is 71.3 Å². The van der Waals surface area contributed by atoms with Crippen LogP contribution in [-0.4, -0.2) is 41.9 Å². The van der Waals surface area contributed by atoms with Gasteiger partial charge in [-0.15, -0.1) is 24.2 Å². The van der Waals surface area contributed by atoms with E-state index >= 15 is 0 Å². The molecular weight excluding hydrogens is 360 g/mol. The average Bonchev–Trinajstić information content (AvgIpc) is 3.21. The van der Waals surface area contributed by atoms with Crippen LogP contribution >= 0.6 is 24.2 Å². The molecule has 6 nitrogen and oxygen atoms in total. The van der Waals surface area contributed by atoms with Crippen LogP contribution in [0.25, 0.3) is 0 Å². The van der Waals surface area contributed by atoms with Gasteiger partial charge in [0.15, 0.2) is 5.82 Å². The minimum Gasteiger partial charge on any atom is -0.339 e. The van der Waals surface area contributed by atoms with Crippen LogP contribution in [0.15, 0.2) is 33.7 Å². The normalized spacial score (nSPS) is 18.3. The lowest BCUT2D eigenvalue weighted by molar-refractivity contribution is -0.117. The van der Waals surface area contributed by atoms with Crippen molar-refractivity contribution < 1.29 is 9.32 Å². The van der Waals surface area contributed by atoms with E-state index in [2.05, 4.69) is 22.4 Å². The minimum atomic E-state index is -0.0402. The smallest absolute Gasteiger partial charge is 0.232 e. The fourth-order valence-electron chi connectivity index (χ4n) is 2.79. The lowest BCUT2D eigenvalue weighted by atomic mass is 10.1. The number of benzene rings is 1. The number of hydrogen-bond acceptors (Lipinski definition) is 6. The molecule has 2 heterocycles. The summed E-state index contributed by atoms with van der Waals surface area (Å²) >= 11 is 1.67. The number of anilines is 1. The highest BCUT2D eigenvalue weighted by atomic mass is 35.5. The molecule has 1 aromatic heterocycles. The Balaban J connectivity index is 0.00000225. The molecule has 1 aliphatic heterocycles. The molecule has 3 rings (SSSR count). The fourth-order valence-corrected chi connectivity index (χ4v) is 3.25. The molecule has 1 aliphatic rings. The molecule has 2 atom stereocenters. The summed E-state index contributed by atoms with van der Waals surface area (Å²) < 4.78 is 5.40. The highest BCUT2D eigenvalue weighted by molar-refractivity contribution is 7.98. The van der Waals surface area contributed by atoms with Crippen molar-refractivity contribution in [3.8, 4) is 0 Å². The second-order valence-electron chi connectivity index (χ2n) is 6.05. The molecule has 0 saturated carbocycles. The van der Waals surface area contributed by atoms with Crippen LogP contribution < -0.4 is 10.2 Å². The van der Waals surface area contributed by atoms with Crippen LogP contribution in [-0.2, 0) is 11.2 Å². The Hall–Kier alpha value is -1.57. The maximum atomic E-state index is 12.4. The number of halogens is 1.